The normalized spacial score (nSPS) is 13.2. The summed E-state index contributed by atoms with van der Waals surface area (Å²) in [6.45, 7) is 6.32. The summed E-state index contributed by atoms with van der Waals surface area (Å²) in [5.41, 5.74) is 0. The first-order chi connectivity index (χ1) is 41.0. The highest BCUT2D eigenvalue weighted by Crippen LogP contribution is 2.15. The van der Waals surface area contributed by atoms with Crippen molar-refractivity contribution in [3.63, 3.8) is 0 Å². The second-order valence-corrected chi connectivity index (χ2v) is 21.6. The van der Waals surface area contributed by atoms with Gasteiger partial charge in [0.1, 0.15) is 13.2 Å². The van der Waals surface area contributed by atoms with E-state index < -0.39 is 6.10 Å². The lowest BCUT2D eigenvalue weighted by molar-refractivity contribution is -0.167. The summed E-state index contributed by atoms with van der Waals surface area (Å²) in [5, 5.41) is 0. The molecule has 0 aliphatic rings. The lowest BCUT2D eigenvalue weighted by Gasteiger charge is -2.18. The van der Waals surface area contributed by atoms with E-state index in [9.17, 15) is 14.4 Å². The fourth-order valence-electron chi connectivity index (χ4n) is 8.72. The van der Waals surface area contributed by atoms with Gasteiger partial charge < -0.3 is 14.2 Å². The molecule has 0 aromatic heterocycles. The van der Waals surface area contributed by atoms with Gasteiger partial charge in [-0.3, -0.25) is 14.4 Å². The third-order valence-electron chi connectivity index (χ3n) is 13.7. The molecule has 0 fully saturated rings. The van der Waals surface area contributed by atoms with Crippen molar-refractivity contribution in [1.29, 1.82) is 0 Å². The van der Waals surface area contributed by atoms with Gasteiger partial charge in [0, 0.05) is 19.3 Å². The minimum absolute atomic E-state index is 0.0996. The second kappa shape index (κ2) is 69.3. The van der Waals surface area contributed by atoms with Gasteiger partial charge in [0.05, 0.1) is 0 Å². The minimum atomic E-state index is -0.805. The van der Waals surface area contributed by atoms with Crippen LogP contribution in [0.25, 0.3) is 0 Å². The molecule has 0 aromatic rings. The molecule has 1 unspecified atom stereocenters. The Morgan fingerprint density at radius 2 is 0.470 bits per heavy atom. The van der Waals surface area contributed by atoms with Gasteiger partial charge in [-0.05, 0) is 148 Å². The maximum Gasteiger partial charge on any atom is 0.306 e. The monoisotopic (exact) mass is 1140 g/mol. The van der Waals surface area contributed by atoms with Crippen LogP contribution in [0.3, 0.4) is 0 Å². The van der Waals surface area contributed by atoms with E-state index in [0.29, 0.717) is 19.3 Å². The minimum Gasteiger partial charge on any atom is -0.462 e. The van der Waals surface area contributed by atoms with Gasteiger partial charge in [0.25, 0.3) is 0 Å². The smallest absolute Gasteiger partial charge is 0.306 e. The van der Waals surface area contributed by atoms with Crippen LogP contribution < -0.4 is 0 Å². The molecule has 0 saturated heterocycles. The Morgan fingerprint density at radius 1 is 0.253 bits per heavy atom. The van der Waals surface area contributed by atoms with Crippen LogP contribution in [0.1, 0.15) is 278 Å². The molecule has 0 amide bonds. The van der Waals surface area contributed by atoms with E-state index in [1.807, 2.05) is 0 Å². The lowest BCUT2D eigenvalue weighted by Crippen LogP contribution is -2.30. The molecule has 0 saturated carbocycles. The fraction of sp³-hybridized carbons (Fsp3) is 0.597. The van der Waals surface area contributed by atoms with Gasteiger partial charge in [0.15, 0.2) is 6.10 Å². The zero-order valence-electron chi connectivity index (χ0n) is 53.4. The van der Waals surface area contributed by atoms with Crippen molar-refractivity contribution in [2.75, 3.05) is 13.2 Å². The number of esters is 3. The molecule has 0 aliphatic carbocycles. The number of rotatable bonds is 59. The number of hydrogen-bond acceptors (Lipinski definition) is 6. The maximum atomic E-state index is 12.9. The average Bonchev–Trinajstić information content (AvgIpc) is 3.49. The molecule has 0 bridgehead atoms. The van der Waals surface area contributed by atoms with E-state index in [2.05, 4.69) is 191 Å². The molecule has 0 aliphatic heterocycles. The average molecular weight is 1140 g/mol. The second-order valence-electron chi connectivity index (χ2n) is 21.6. The molecular formula is C77H122O6. The molecule has 0 heterocycles. The summed E-state index contributed by atoms with van der Waals surface area (Å²) in [6, 6.07) is 0. The lowest BCUT2D eigenvalue weighted by atomic mass is 10.1. The van der Waals surface area contributed by atoms with Crippen molar-refractivity contribution in [1.82, 2.24) is 0 Å². The predicted octanol–water partition coefficient (Wildman–Crippen LogP) is 23.4. The predicted molar refractivity (Wildman–Crippen MR) is 361 cm³/mol. The Hall–Kier alpha value is -5.23. The Kier molecular flexibility index (Phi) is 64.9. The summed E-state index contributed by atoms with van der Waals surface area (Å²) in [4.78, 5) is 38.4. The van der Waals surface area contributed by atoms with Crippen LogP contribution in [0.2, 0.25) is 0 Å². The summed E-state index contributed by atoms with van der Waals surface area (Å²) >= 11 is 0. The highest BCUT2D eigenvalue weighted by molar-refractivity contribution is 5.71. The number of carbonyl (C=O) groups excluding carboxylic acids is 3. The van der Waals surface area contributed by atoms with E-state index in [4.69, 9.17) is 14.2 Å². The quantitative estimate of drug-likeness (QED) is 0.0261. The van der Waals surface area contributed by atoms with Crippen LogP contribution in [0.4, 0.5) is 0 Å². The topological polar surface area (TPSA) is 78.9 Å². The first-order valence-corrected chi connectivity index (χ1v) is 33.6. The number of ether oxygens (including phenoxy) is 3. The summed E-state index contributed by atoms with van der Waals surface area (Å²) in [6.07, 6.45) is 102. The van der Waals surface area contributed by atoms with Crippen LogP contribution in [-0.4, -0.2) is 37.2 Å². The van der Waals surface area contributed by atoms with Gasteiger partial charge >= 0.3 is 17.9 Å². The van der Waals surface area contributed by atoms with Crippen molar-refractivity contribution in [3.05, 3.63) is 170 Å². The van der Waals surface area contributed by atoms with Crippen LogP contribution in [-0.2, 0) is 28.6 Å². The number of hydrogen-bond donors (Lipinski definition) is 0. The van der Waals surface area contributed by atoms with Gasteiger partial charge in [-0.25, -0.2) is 0 Å². The molecule has 0 spiro atoms. The molecule has 1 atom stereocenters. The Balaban J connectivity index is 4.34. The maximum absolute atomic E-state index is 12.9. The number of unbranched alkanes of at least 4 members (excludes halogenated alkanes) is 20. The van der Waals surface area contributed by atoms with Gasteiger partial charge in [-0.1, -0.05) is 281 Å². The van der Waals surface area contributed by atoms with Crippen molar-refractivity contribution in [3.8, 4) is 0 Å². The van der Waals surface area contributed by atoms with Crippen LogP contribution in [0.5, 0.6) is 0 Å². The third kappa shape index (κ3) is 67.4. The van der Waals surface area contributed by atoms with Crippen molar-refractivity contribution in [2.45, 2.75) is 284 Å². The standard InChI is InChI=1S/C77H122O6/c1-4-7-10-13-16-19-22-25-27-29-31-32-33-34-35-36-37-38-39-40-41-42-43-44-46-47-49-52-55-58-61-64-67-70-76(79)82-73-74(72-81-75(78)69-66-63-60-57-54-51-24-21-18-15-12-9-6-3)83-77(80)71-68-65-62-59-56-53-50-48-45-30-28-26-23-20-17-14-11-8-5-2/h7-8,10-12,15-17,19-21,24-28,31-32,34-35,37-38,40-41,43-45,48,74H,4-6,9,13-14,18,22-23,29-30,33,36,39,42,46-47,49-73H2,1-3H3/b10-7-,11-8-,15-12-,19-16-,20-17-,24-21-,27-25-,28-26-,32-31-,35-34-,38-37-,41-40-,44-43-,48-45-. The Labute approximate surface area is 511 Å². The SMILES string of the molecule is CC/C=C\C/C=C\C/C=C\C/C=C\C/C=C\C/C=C\C/C=C\C/C=C\CCCCCCCCCCC(=O)OCC(COC(=O)CCCCCCC/C=C\C/C=C\CCC)OC(=O)CCCCCCCC/C=C\C/C=C\C/C=C\C/C=C\CC. The van der Waals surface area contributed by atoms with E-state index >= 15 is 0 Å². The third-order valence-corrected chi connectivity index (χ3v) is 13.7. The fourth-order valence-corrected chi connectivity index (χ4v) is 8.72. The molecule has 466 valence electrons. The number of allylic oxidation sites excluding steroid dienone is 28. The largest absolute Gasteiger partial charge is 0.462 e. The van der Waals surface area contributed by atoms with Gasteiger partial charge in [0.2, 0.25) is 0 Å². The number of carbonyl (C=O) groups is 3. The highest BCUT2D eigenvalue weighted by Gasteiger charge is 2.19. The molecular weight excluding hydrogens is 1020 g/mol. The van der Waals surface area contributed by atoms with Gasteiger partial charge in [-0.15, -0.1) is 0 Å². The molecule has 0 radical (unpaired) electrons. The van der Waals surface area contributed by atoms with Gasteiger partial charge in [-0.2, -0.15) is 0 Å². The van der Waals surface area contributed by atoms with Crippen molar-refractivity contribution < 1.29 is 28.6 Å². The highest BCUT2D eigenvalue weighted by atomic mass is 16.6. The first-order valence-electron chi connectivity index (χ1n) is 33.6. The molecule has 83 heavy (non-hydrogen) atoms. The van der Waals surface area contributed by atoms with E-state index in [-0.39, 0.29) is 31.1 Å². The summed E-state index contributed by atoms with van der Waals surface area (Å²) < 4.78 is 16.9. The first kappa shape index (κ1) is 77.8. The van der Waals surface area contributed by atoms with Crippen LogP contribution in [0.15, 0.2) is 170 Å². The zero-order valence-corrected chi connectivity index (χ0v) is 53.4. The van der Waals surface area contributed by atoms with E-state index in [1.54, 1.807) is 0 Å². The van der Waals surface area contributed by atoms with Crippen molar-refractivity contribution >= 4 is 17.9 Å². The Bertz CT molecular complexity index is 1890. The zero-order chi connectivity index (χ0) is 59.9. The summed E-state index contributed by atoms with van der Waals surface area (Å²) in [5.74, 6) is -0.938. The molecule has 6 nitrogen and oxygen atoms in total. The van der Waals surface area contributed by atoms with E-state index in [1.165, 1.54) is 51.4 Å². The molecule has 0 rings (SSSR count). The molecule has 0 aromatic carbocycles. The van der Waals surface area contributed by atoms with Crippen LogP contribution >= 0.6 is 0 Å². The molecule has 6 heteroatoms. The van der Waals surface area contributed by atoms with Crippen molar-refractivity contribution in [2.24, 2.45) is 0 Å². The molecule has 0 N–H and O–H groups in total. The summed E-state index contributed by atoms with van der Waals surface area (Å²) in [7, 11) is 0. The Morgan fingerprint density at radius 3 is 0.735 bits per heavy atom. The van der Waals surface area contributed by atoms with E-state index in [0.717, 1.165) is 186 Å². The van der Waals surface area contributed by atoms with Crippen LogP contribution in [0, 0.1) is 0 Å².